The van der Waals surface area contributed by atoms with Gasteiger partial charge in [-0.3, -0.25) is 10.1 Å². The summed E-state index contributed by atoms with van der Waals surface area (Å²) >= 11 is 0. The lowest BCUT2D eigenvalue weighted by molar-refractivity contribution is -0.131. The highest BCUT2D eigenvalue weighted by Crippen LogP contribution is 2.35. The van der Waals surface area contributed by atoms with Gasteiger partial charge in [0.25, 0.3) is 0 Å². The Morgan fingerprint density at radius 2 is 1.93 bits per heavy atom. The van der Waals surface area contributed by atoms with E-state index in [4.69, 9.17) is 10.5 Å². The largest absolute Gasteiger partial charge is 0.449 e. The summed E-state index contributed by atoms with van der Waals surface area (Å²) in [6.45, 7) is 4.52. The molecule has 2 amide bonds. The van der Waals surface area contributed by atoms with Crippen LogP contribution >= 0.6 is 0 Å². The highest BCUT2D eigenvalue weighted by atomic mass is 19.1. The number of nitrogen functional groups attached to an aromatic ring is 1. The summed E-state index contributed by atoms with van der Waals surface area (Å²) < 4.78 is 20.8. The number of aryl methyl sites for hydroxylation is 1. The third-order valence-electron chi connectivity index (χ3n) is 8.47. The van der Waals surface area contributed by atoms with E-state index in [1.807, 2.05) is 50.2 Å². The van der Waals surface area contributed by atoms with Gasteiger partial charge in [0.05, 0.1) is 12.0 Å². The molecular formula is C34H36FN5O3. The van der Waals surface area contributed by atoms with Crippen LogP contribution in [-0.2, 0) is 22.5 Å². The predicted molar refractivity (Wildman–Crippen MR) is 166 cm³/mol. The molecule has 4 bridgehead atoms. The topological polar surface area (TPSA) is 110 Å². The normalized spacial score (nSPS) is 19.3. The Labute approximate surface area is 250 Å². The Hall–Kier alpha value is -4.66. The molecule has 7 rings (SSSR count). The third kappa shape index (κ3) is 6.11. The molecule has 3 aliphatic rings. The number of likely N-dealkylation sites (N-methyl/N-ethyl adjacent to an activating group) is 1. The summed E-state index contributed by atoms with van der Waals surface area (Å²) in [4.78, 5) is 32.6. The number of anilines is 3. The van der Waals surface area contributed by atoms with Crippen molar-refractivity contribution in [2.75, 3.05) is 30.0 Å². The van der Waals surface area contributed by atoms with E-state index in [0.717, 1.165) is 34.2 Å². The second-order valence-corrected chi connectivity index (χ2v) is 11.9. The molecule has 8 nitrogen and oxygen atoms in total. The molecule has 0 radical (unpaired) electrons. The van der Waals surface area contributed by atoms with Gasteiger partial charge in [0.2, 0.25) is 5.91 Å². The molecule has 4 aromatic rings. The number of carbonyl (C=O) groups is 2. The first-order valence-corrected chi connectivity index (χ1v) is 14.7. The van der Waals surface area contributed by atoms with E-state index in [0.29, 0.717) is 29.2 Å². The summed E-state index contributed by atoms with van der Waals surface area (Å²) in [6.07, 6.45) is 4.35. The molecule has 1 fully saturated rings. The van der Waals surface area contributed by atoms with Gasteiger partial charge in [-0.25, -0.2) is 14.2 Å². The Kier molecular flexibility index (Phi) is 7.64. The number of amides is 2. The van der Waals surface area contributed by atoms with Crippen LogP contribution in [0.15, 0.2) is 60.8 Å². The molecule has 1 aromatic heterocycles. The summed E-state index contributed by atoms with van der Waals surface area (Å²) in [5.74, 6) is 0.0148. The van der Waals surface area contributed by atoms with Crippen molar-refractivity contribution < 1.29 is 18.7 Å². The van der Waals surface area contributed by atoms with E-state index < -0.39 is 18.0 Å². The lowest BCUT2D eigenvalue weighted by Gasteiger charge is -2.28. The van der Waals surface area contributed by atoms with Crippen LogP contribution in [0.4, 0.5) is 26.4 Å². The molecule has 0 spiro atoms. The van der Waals surface area contributed by atoms with Crippen molar-refractivity contribution in [2.24, 2.45) is 5.92 Å². The number of hydrogen-bond acceptors (Lipinski definition) is 6. The smallest absolute Gasteiger partial charge is 0.411 e. The monoisotopic (exact) mass is 581 g/mol. The highest BCUT2D eigenvalue weighted by molar-refractivity contribution is 5.94. The van der Waals surface area contributed by atoms with Crippen LogP contribution in [-0.4, -0.2) is 35.5 Å². The molecule has 3 aromatic carbocycles. The minimum Gasteiger partial charge on any atom is -0.449 e. The summed E-state index contributed by atoms with van der Waals surface area (Å²) in [7, 11) is 1.77. The minimum atomic E-state index is -0.789. The van der Waals surface area contributed by atoms with Gasteiger partial charge in [-0.1, -0.05) is 31.2 Å². The van der Waals surface area contributed by atoms with Crippen molar-refractivity contribution >= 4 is 40.0 Å². The average molecular weight is 582 g/mol. The zero-order chi connectivity index (χ0) is 30.2. The maximum atomic E-state index is 15.2. The number of ether oxygens (including phenoxy) is 1. The first kappa shape index (κ1) is 28.5. The lowest BCUT2D eigenvalue weighted by atomic mass is 9.92. The number of nitrogens with zero attached hydrogens (tertiary/aromatic N) is 2. The average Bonchev–Trinajstić information content (AvgIpc) is 3.79. The van der Waals surface area contributed by atoms with Gasteiger partial charge in [0, 0.05) is 37.1 Å². The fraction of sp³-hybridized carbons (Fsp3) is 0.324. The van der Waals surface area contributed by atoms with Crippen LogP contribution in [0.1, 0.15) is 59.5 Å². The molecule has 9 heteroatoms. The van der Waals surface area contributed by atoms with Crippen LogP contribution in [0.25, 0.3) is 10.8 Å². The van der Waals surface area contributed by atoms with Crippen molar-refractivity contribution in [3.8, 4) is 0 Å². The number of halogens is 1. The van der Waals surface area contributed by atoms with E-state index in [-0.39, 0.29) is 29.6 Å². The Bertz CT molecular complexity index is 1720. The van der Waals surface area contributed by atoms with Gasteiger partial charge in [-0.15, -0.1) is 0 Å². The number of pyridine rings is 1. The standard InChI is InChI=1S/C34H36FN5O3/c1-19-12-24-7-9-28(19)20(2)18-43-34(42)39-26-8-6-22(13-21-4-5-21)25(15-26)17-40(3)33(41)31(24)38-27-14-23-10-11-37-32(36)30(23)29(35)16-27/h6-12,14-16,20-21,31,38H,4-5,13,17-18H2,1-3H3,(H2,36,37)(H,39,42)/t20-,31+/m0/s1. The SMILES string of the molecule is Cc1cc2ccc1[C@@H](C)COC(=O)Nc1ccc(CC3CC3)c(c1)CN(C)C(=O)[C@@H]2Nc1cc(F)c2c(N)nccc2c1. The number of benzene rings is 3. The van der Waals surface area contributed by atoms with Crippen LogP contribution in [0, 0.1) is 18.7 Å². The highest BCUT2D eigenvalue weighted by Gasteiger charge is 2.28. The van der Waals surface area contributed by atoms with Crippen molar-refractivity contribution in [3.63, 3.8) is 0 Å². The van der Waals surface area contributed by atoms with Crippen molar-refractivity contribution in [2.45, 2.75) is 51.6 Å². The Balaban J connectivity index is 1.41. The number of nitrogens with two attached hydrogens (primary N) is 1. The molecule has 4 N–H and O–H groups in total. The van der Waals surface area contributed by atoms with Gasteiger partial charge >= 0.3 is 6.09 Å². The molecule has 1 saturated carbocycles. The Morgan fingerprint density at radius 1 is 1.12 bits per heavy atom. The number of fused-ring (bicyclic) bond motifs is 10. The third-order valence-corrected chi connectivity index (χ3v) is 8.47. The number of hydrogen-bond donors (Lipinski definition) is 3. The minimum absolute atomic E-state index is 0.0670. The molecule has 1 aliphatic carbocycles. The van der Waals surface area contributed by atoms with Gasteiger partial charge in [-0.2, -0.15) is 0 Å². The van der Waals surface area contributed by atoms with Gasteiger partial charge < -0.3 is 20.7 Å². The summed E-state index contributed by atoms with van der Waals surface area (Å²) in [5, 5.41) is 7.02. The molecular weight excluding hydrogens is 545 g/mol. The molecule has 2 atom stereocenters. The van der Waals surface area contributed by atoms with E-state index in [1.54, 1.807) is 24.1 Å². The van der Waals surface area contributed by atoms with Crippen LogP contribution in [0.2, 0.25) is 0 Å². The number of aromatic nitrogens is 1. The molecule has 0 saturated heterocycles. The molecule has 3 heterocycles. The molecule has 0 unspecified atom stereocenters. The van der Waals surface area contributed by atoms with Crippen LogP contribution in [0.5, 0.6) is 0 Å². The van der Waals surface area contributed by atoms with Crippen molar-refractivity contribution in [1.29, 1.82) is 0 Å². The van der Waals surface area contributed by atoms with Gasteiger partial charge in [0.15, 0.2) is 0 Å². The fourth-order valence-electron chi connectivity index (χ4n) is 5.94. The predicted octanol–water partition coefficient (Wildman–Crippen LogP) is 6.69. The maximum absolute atomic E-state index is 15.2. The number of nitrogens with one attached hydrogen (secondary N) is 2. The second-order valence-electron chi connectivity index (χ2n) is 11.9. The first-order chi connectivity index (χ1) is 20.7. The van der Waals surface area contributed by atoms with E-state index >= 15 is 4.39 Å². The molecule has 222 valence electrons. The van der Waals surface area contributed by atoms with E-state index in [2.05, 4.69) is 15.6 Å². The van der Waals surface area contributed by atoms with Gasteiger partial charge in [-0.05, 0) is 95.6 Å². The van der Waals surface area contributed by atoms with Crippen molar-refractivity contribution in [3.05, 3.63) is 94.4 Å². The zero-order valence-corrected chi connectivity index (χ0v) is 24.6. The summed E-state index contributed by atoms with van der Waals surface area (Å²) in [6, 6.07) is 15.7. The van der Waals surface area contributed by atoms with E-state index in [9.17, 15) is 9.59 Å². The first-order valence-electron chi connectivity index (χ1n) is 14.7. The molecule has 43 heavy (non-hydrogen) atoms. The second kappa shape index (κ2) is 11.6. The van der Waals surface area contributed by atoms with Crippen LogP contribution < -0.4 is 16.4 Å². The molecule has 2 aliphatic heterocycles. The fourth-order valence-corrected chi connectivity index (χ4v) is 5.94. The Morgan fingerprint density at radius 3 is 2.70 bits per heavy atom. The maximum Gasteiger partial charge on any atom is 0.411 e. The summed E-state index contributed by atoms with van der Waals surface area (Å²) in [5.41, 5.74) is 11.9. The van der Waals surface area contributed by atoms with Gasteiger partial charge in [0.1, 0.15) is 17.7 Å². The lowest BCUT2D eigenvalue weighted by Crippen LogP contribution is -2.35. The quantitative estimate of drug-likeness (QED) is 0.248. The van der Waals surface area contributed by atoms with E-state index in [1.165, 1.54) is 25.1 Å². The number of rotatable bonds is 4. The zero-order valence-electron chi connectivity index (χ0n) is 24.6. The number of carbonyl (C=O) groups excluding carboxylic acids is 2. The van der Waals surface area contributed by atoms with Crippen LogP contribution in [0.3, 0.4) is 0 Å². The van der Waals surface area contributed by atoms with Crippen molar-refractivity contribution in [1.82, 2.24) is 9.88 Å².